The summed E-state index contributed by atoms with van der Waals surface area (Å²) in [6.45, 7) is 1.78. The van der Waals surface area contributed by atoms with Gasteiger partial charge >= 0.3 is 0 Å². The molecule has 4 heterocycles. The number of likely N-dealkylation sites (tertiary alicyclic amines) is 1. The number of ether oxygens (including phenoxy) is 1. The summed E-state index contributed by atoms with van der Waals surface area (Å²) in [7, 11) is 1.99. The maximum absolute atomic E-state index is 13.6. The Hall–Kier alpha value is -3.16. The lowest BCUT2D eigenvalue weighted by atomic mass is 9.76. The minimum Gasteiger partial charge on any atom is -0.488 e. The third-order valence-electron chi connectivity index (χ3n) is 7.19. The quantitative estimate of drug-likeness (QED) is 0.709. The van der Waals surface area contributed by atoms with Gasteiger partial charge in [-0.25, -0.2) is 0 Å². The van der Waals surface area contributed by atoms with Crippen LogP contribution in [-0.2, 0) is 13.7 Å². The van der Waals surface area contributed by atoms with Gasteiger partial charge in [0.2, 0.25) is 0 Å². The largest absolute Gasteiger partial charge is 0.488 e. The number of aromatic amines is 1. The van der Waals surface area contributed by atoms with Gasteiger partial charge in [-0.15, -0.1) is 10.2 Å². The van der Waals surface area contributed by atoms with Gasteiger partial charge in [-0.2, -0.15) is 5.10 Å². The fraction of sp³-hybridized carbons (Fsp3) is 0.455. The highest BCUT2D eigenvalue weighted by Crippen LogP contribution is 2.53. The number of amides is 1. The Morgan fingerprint density at radius 1 is 1.27 bits per heavy atom. The molecule has 2 aliphatic heterocycles. The van der Waals surface area contributed by atoms with Gasteiger partial charge in [0, 0.05) is 37.2 Å². The Bertz CT molecular complexity index is 1130. The average Bonchev–Trinajstić information content (AvgIpc) is 3.55. The molecular weight excluding hydrogens is 380 g/mol. The maximum Gasteiger partial charge on any atom is 0.272 e. The number of para-hydroxylation sites is 1. The van der Waals surface area contributed by atoms with Crippen LogP contribution in [0.25, 0.3) is 11.3 Å². The van der Waals surface area contributed by atoms with E-state index in [1.165, 1.54) is 12.8 Å². The number of carbonyl (C=O) groups is 1. The molecular formula is C22H24N6O2. The minimum absolute atomic E-state index is 0.00248. The van der Waals surface area contributed by atoms with Crippen LogP contribution in [0.3, 0.4) is 0 Å². The van der Waals surface area contributed by atoms with Crippen LogP contribution in [0, 0.1) is 5.41 Å². The minimum atomic E-state index is 0.00248. The molecule has 1 saturated heterocycles. The number of nitrogens with one attached hydrogen (secondary N) is 1. The van der Waals surface area contributed by atoms with Crippen LogP contribution in [0.2, 0.25) is 0 Å². The number of hydrogen-bond acceptors (Lipinski definition) is 5. The predicted octanol–water partition coefficient (Wildman–Crippen LogP) is 2.90. The van der Waals surface area contributed by atoms with E-state index in [-0.39, 0.29) is 17.2 Å². The smallest absolute Gasteiger partial charge is 0.272 e. The van der Waals surface area contributed by atoms with Crippen molar-refractivity contribution in [2.45, 2.75) is 38.2 Å². The molecule has 30 heavy (non-hydrogen) atoms. The molecule has 0 radical (unpaired) electrons. The zero-order valence-electron chi connectivity index (χ0n) is 17.0. The Morgan fingerprint density at radius 2 is 2.10 bits per heavy atom. The van der Waals surface area contributed by atoms with Gasteiger partial charge in [0.05, 0.1) is 0 Å². The highest BCUT2D eigenvalue weighted by molar-refractivity contribution is 5.96. The van der Waals surface area contributed by atoms with Crippen molar-refractivity contribution in [2.24, 2.45) is 12.5 Å². The Morgan fingerprint density at radius 3 is 2.90 bits per heavy atom. The van der Waals surface area contributed by atoms with Crippen LogP contribution in [-0.4, -0.2) is 48.9 Å². The third kappa shape index (κ3) is 2.45. The van der Waals surface area contributed by atoms with Gasteiger partial charge in [0.25, 0.3) is 5.91 Å². The van der Waals surface area contributed by atoms with E-state index in [4.69, 9.17) is 4.74 Å². The van der Waals surface area contributed by atoms with Crippen molar-refractivity contribution in [3.8, 4) is 17.0 Å². The molecule has 1 amide bonds. The second-order valence-electron chi connectivity index (χ2n) is 8.82. The van der Waals surface area contributed by atoms with E-state index in [9.17, 15) is 4.79 Å². The van der Waals surface area contributed by atoms with Crippen LogP contribution in [0.5, 0.6) is 5.75 Å². The maximum atomic E-state index is 13.6. The van der Waals surface area contributed by atoms with E-state index >= 15 is 0 Å². The van der Waals surface area contributed by atoms with Gasteiger partial charge in [-0.05, 0) is 30.4 Å². The molecule has 8 nitrogen and oxygen atoms in total. The molecule has 1 unspecified atom stereocenters. The Kier molecular flexibility index (Phi) is 3.78. The van der Waals surface area contributed by atoms with Crippen LogP contribution >= 0.6 is 0 Å². The normalized spacial score (nSPS) is 21.5. The summed E-state index contributed by atoms with van der Waals surface area (Å²) in [5.74, 6) is 2.01. The monoisotopic (exact) mass is 404 g/mol. The fourth-order valence-electron chi connectivity index (χ4n) is 5.67. The first-order chi connectivity index (χ1) is 14.7. The lowest BCUT2D eigenvalue weighted by molar-refractivity contribution is 0.0764. The number of nitrogens with zero attached hydrogens (tertiary/aromatic N) is 5. The van der Waals surface area contributed by atoms with E-state index in [1.807, 2.05) is 40.8 Å². The first-order valence-electron chi connectivity index (χ1n) is 10.6. The summed E-state index contributed by atoms with van der Waals surface area (Å²) in [5.41, 5.74) is 3.24. The van der Waals surface area contributed by atoms with E-state index < -0.39 is 0 Å². The third-order valence-corrected chi connectivity index (χ3v) is 7.19. The highest BCUT2D eigenvalue weighted by atomic mass is 16.5. The van der Waals surface area contributed by atoms with Crippen molar-refractivity contribution in [3.63, 3.8) is 0 Å². The lowest BCUT2D eigenvalue weighted by Gasteiger charge is -2.28. The number of hydrogen-bond donors (Lipinski definition) is 1. The number of benzene rings is 1. The van der Waals surface area contributed by atoms with Gasteiger partial charge in [0.1, 0.15) is 35.9 Å². The lowest BCUT2D eigenvalue weighted by Crippen LogP contribution is -2.32. The standard InChI is InChI=1S/C22H24N6O2/c1-27-13-23-26-20(27)16-10-28(12-22(16)8-4-5-9-22)21(29)19-15-11-30-17-7-3-2-6-14(17)18(15)24-25-19/h2-3,6-7,13,16H,4-5,8-12H2,1H3,(H,24,25). The number of aryl methyl sites for hydroxylation is 1. The summed E-state index contributed by atoms with van der Waals surface area (Å²) < 4.78 is 7.90. The number of carbonyl (C=O) groups excluding carboxylic acids is 1. The molecule has 2 aromatic heterocycles. The molecule has 3 aliphatic rings. The number of rotatable bonds is 2. The zero-order chi connectivity index (χ0) is 20.3. The molecule has 6 rings (SSSR count). The van der Waals surface area contributed by atoms with Crippen LogP contribution in [0.15, 0.2) is 30.6 Å². The van der Waals surface area contributed by atoms with Crippen molar-refractivity contribution in [1.29, 1.82) is 0 Å². The van der Waals surface area contributed by atoms with Crippen molar-refractivity contribution in [3.05, 3.63) is 47.7 Å². The van der Waals surface area contributed by atoms with Crippen molar-refractivity contribution >= 4 is 5.91 Å². The van der Waals surface area contributed by atoms with E-state index in [0.717, 1.165) is 47.8 Å². The van der Waals surface area contributed by atoms with Gasteiger partial charge < -0.3 is 14.2 Å². The van der Waals surface area contributed by atoms with E-state index in [1.54, 1.807) is 6.33 Å². The Balaban J connectivity index is 1.34. The second kappa shape index (κ2) is 6.42. The molecule has 1 spiro atoms. The molecule has 8 heteroatoms. The predicted molar refractivity (Wildman–Crippen MR) is 109 cm³/mol. The number of aromatic nitrogens is 5. The van der Waals surface area contributed by atoms with Crippen LogP contribution < -0.4 is 4.74 Å². The van der Waals surface area contributed by atoms with Gasteiger partial charge in [-0.1, -0.05) is 25.0 Å². The first kappa shape index (κ1) is 17.7. The molecule has 154 valence electrons. The van der Waals surface area contributed by atoms with Crippen LogP contribution in [0.1, 0.15) is 53.5 Å². The SMILES string of the molecule is Cn1cnnc1C1CN(C(=O)c2[nH]nc3c2COc2ccccc2-3)CC12CCCC2. The Labute approximate surface area is 174 Å². The molecule has 0 bridgehead atoms. The summed E-state index contributed by atoms with van der Waals surface area (Å²) in [6.07, 6.45) is 6.43. The van der Waals surface area contributed by atoms with Crippen molar-refractivity contribution in [1.82, 2.24) is 29.9 Å². The molecule has 1 N–H and O–H groups in total. The van der Waals surface area contributed by atoms with E-state index in [2.05, 4.69) is 20.4 Å². The van der Waals surface area contributed by atoms with Crippen molar-refractivity contribution in [2.75, 3.05) is 13.1 Å². The zero-order valence-corrected chi connectivity index (χ0v) is 17.0. The molecule has 2 fully saturated rings. The number of H-pyrrole nitrogens is 1. The summed E-state index contributed by atoms with van der Waals surface area (Å²) in [5, 5.41) is 16.0. The topological polar surface area (TPSA) is 88.9 Å². The second-order valence-corrected chi connectivity index (χ2v) is 8.82. The molecule has 3 aromatic rings. The number of fused-ring (bicyclic) bond motifs is 3. The first-order valence-corrected chi connectivity index (χ1v) is 10.6. The van der Waals surface area contributed by atoms with Crippen molar-refractivity contribution < 1.29 is 9.53 Å². The molecule has 1 saturated carbocycles. The summed E-state index contributed by atoms with van der Waals surface area (Å²) >= 11 is 0. The molecule has 1 atom stereocenters. The van der Waals surface area contributed by atoms with E-state index in [0.29, 0.717) is 18.8 Å². The molecule has 1 aliphatic carbocycles. The summed E-state index contributed by atoms with van der Waals surface area (Å²) in [6, 6.07) is 7.82. The fourth-order valence-corrected chi connectivity index (χ4v) is 5.67. The van der Waals surface area contributed by atoms with Gasteiger partial charge in [0.15, 0.2) is 0 Å². The molecule has 1 aromatic carbocycles. The average molecular weight is 404 g/mol. The highest BCUT2D eigenvalue weighted by Gasteiger charge is 2.52. The van der Waals surface area contributed by atoms with Crippen LogP contribution in [0.4, 0.5) is 0 Å². The summed E-state index contributed by atoms with van der Waals surface area (Å²) in [4.78, 5) is 15.6. The van der Waals surface area contributed by atoms with Gasteiger partial charge in [-0.3, -0.25) is 9.89 Å².